The molecule has 0 heterocycles. The summed E-state index contributed by atoms with van der Waals surface area (Å²) in [5, 5.41) is 2.97. The standard InChI is InChI=1S/C6H5N2/c7-8-6-4-2-1-3-5-6/h1-5H/q-1. The molecule has 40 valence electrons. The molecule has 0 bridgehead atoms. The lowest BCUT2D eigenvalue weighted by Crippen LogP contribution is -1.55. The molecule has 0 aromatic heterocycles. The number of rotatable bonds is 1. The molecular weight excluding hydrogens is 100 g/mol. The van der Waals surface area contributed by atoms with Gasteiger partial charge in [-0.3, -0.25) is 0 Å². The minimum absolute atomic E-state index is 0.590. The maximum absolute atomic E-state index is 8.16. The molecule has 0 radical (unpaired) electrons. The van der Waals surface area contributed by atoms with Crippen molar-refractivity contribution in [1.82, 2.24) is 0 Å². The Kier molecular flexibility index (Phi) is 1.37. The zero-order chi connectivity index (χ0) is 5.82. The largest absolute Gasteiger partial charge is 0.706 e. The molecule has 1 aromatic carbocycles. The summed E-state index contributed by atoms with van der Waals surface area (Å²) in [6.45, 7) is 0. The van der Waals surface area contributed by atoms with Gasteiger partial charge < -0.3 is 10.6 Å². The average Bonchev–Trinajstić information content (AvgIpc) is 1.90. The van der Waals surface area contributed by atoms with Gasteiger partial charge in [0.1, 0.15) is 0 Å². The third kappa shape index (κ3) is 0.904. The van der Waals surface area contributed by atoms with Crippen LogP contribution in [0.4, 0.5) is 5.69 Å². The third-order valence-electron chi connectivity index (χ3n) is 0.872. The van der Waals surface area contributed by atoms with Crippen LogP contribution in [0.3, 0.4) is 0 Å². The highest BCUT2D eigenvalue weighted by Gasteiger charge is 1.74. The Morgan fingerprint density at radius 3 is 2.12 bits per heavy atom. The predicted octanol–water partition coefficient (Wildman–Crippen LogP) is 2.34. The topological polar surface area (TPSA) is 34.7 Å². The van der Waals surface area contributed by atoms with Crippen LogP contribution in [0.5, 0.6) is 0 Å². The molecule has 0 unspecified atom stereocenters. The average molecular weight is 105 g/mol. The molecule has 0 N–H and O–H groups in total. The van der Waals surface area contributed by atoms with Crippen LogP contribution in [0.2, 0.25) is 0 Å². The van der Waals surface area contributed by atoms with E-state index in [-0.39, 0.29) is 0 Å². The Labute approximate surface area is 47.7 Å². The second kappa shape index (κ2) is 2.21. The van der Waals surface area contributed by atoms with Gasteiger partial charge in [-0.05, 0) is 12.1 Å². The highest BCUT2D eigenvalue weighted by molar-refractivity contribution is 5.34. The fraction of sp³-hybridized carbons (Fsp3) is 0. The van der Waals surface area contributed by atoms with Crippen LogP contribution in [-0.2, 0) is 0 Å². The summed E-state index contributed by atoms with van der Waals surface area (Å²) in [7, 11) is 0. The first kappa shape index (κ1) is 4.97. The maximum atomic E-state index is 8.16. The highest BCUT2D eigenvalue weighted by Crippen LogP contribution is 2.07. The fourth-order valence-corrected chi connectivity index (χ4v) is 0.495. The number of hydrogen-bond donors (Lipinski definition) is 0. The first-order valence-electron chi connectivity index (χ1n) is 2.33. The van der Waals surface area contributed by atoms with Crippen LogP contribution in [0, 0.1) is 0 Å². The molecule has 0 aliphatic carbocycles. The van der Waals surface area contributed by atoms with E-state index in [1.165, 1.54) is 0 Å². The van der Waals surface area contributed by atoms with E-state index >= 15 is 0 Å². The maximum Gasteiger partial charge on any atom is 0.0396 e. The summed E-state index contributed by atoms with van der Waals surface area (Å²) in [5.74, 6) is 0. The van der Waals surface area contributed by atoms with Crippen molar-refractivity contribution in [3.05, 3.63) is 35.9 Å². The first-order valence-corrected chi connectivity index (χ1v) is 2.33. The van der Waals surface area contributed by atoms with Gasteiger partial charge in [-0.25, -0.2) is 0 Å². The molecule has 2 nitrogen and oxygen atoms in total. The van der Waals surface area contributed by atoms with Crippen molar-refractivity contribution in [3.63, 3.8) is 0 Å². The Hall–Kier alpha value is -1.18. The van der Waals surface area contributed by atoms with Gasteiger partial charge in [0.2, 0.25) is 0 Å². The van der Waals surface area contributed by atoms with Gasteiger partial charge in [0.25, 0.3) is 0 Å². The molecule has 0 spiro atoms. The van der Waals surface area contributed by atoms with E-state index < -0.39 is 0 Å². The number of benzene rings is 1. The SMILES string of the molecule is [N-]=Nc1ccccc1. The molecule has 0 atom stereocenters. The second-order valence-electron chi connectivity index (χ2n) is 1.44. The zero-order valence-electron chi connectivity index (χ0n) is 4.28. The van der Waals surface area contributed by atoms with E-state index in [2.05, 4.69) is 5.11 Å². The highest BCUT2D eigenvalue weighted by atomic mass is 14.9. The van der Waals surface area contributed by atoms with E-state index in [4.69, 9.17) is 5.53 Å². The summed E-state index contributed by atoms with van der Waals surface area (Å²) in [5.41, 5.74) is 8.75. The minimum Gasteiger partial charge on any atom is -0.706 e. The van der Waals surface area contributed by atoms with Crippen molar-refractivity contribution < 1.29 is 0 Å². The fourth-order valence-electron chi connectivity index (χ4n) is 0.495. The van der Waals surface area contributed by atoms with Gasteiger partial charge >= 0.3 is 0 Å². The second-order valence-corrected chi connectivity index (χ2v) is 1.44. The van der Waals surface area contributed by atoms with Crippen LogP contribution in [-0.4, -0.2) is 0 Å². The van der Waals surface area contributed by atoms with Crippen molar-refractivity contribution >= 4 is 5.69 Å². The Bertz CT molecular complexity index is 169. The number of nitrogens with zero attached hydrogens (tertiary/aromatic N) is 2. The zero-order valence-corrected chi connectivity index (χ0v) is 4.28. The monoisotopic (exact) mass is 105 g/mol. The predicted molar refractivity (Wildman–Crippen MR) is 31.9 cm³/mol. The third-order valence-corrected chi connectivity index (χ3v) is 0.872. The lowest BCUT2D eigenvalue weighted by molar-refractivity contribution is 1.50. The molecule has 0 amide bonds. The van der Waals surface area contributed by atoms with Gasteiger partial charge in [0, 0.05) is 5.69 Å². The Morgan fingerprint density at radius 1 is 1.12 bits per heavy atom. The summed E-state index contributed by atoms with van der Waals surface area (Å²) in [6, 6.07) is 8.94. The van der Waals surface area contributed by atoms with Crippen LogP contribution in [0.25, 0.3) is 5.53 Å². The lowest BCUT2D eigenvalue weighted by atomic mass is 10.3. The van der Waals surface area contributed by atoms with Gasteiger partial charge in [-0.15, -0.1) is 0 Å². The first-order chi connectivity index (χ1) is 3.93. The minimum atomic E-state index is 0.590. The quantitative estimate of drug-likeness (QED) is 0.491. The smallest absolute Gasteiger partial charge is 0.0396 e. The van der Waals surface area contributed by atoms with Crippen molar-refractivity contribution in [1.29, 1.82) is 0 Å². The Balaban J connectivity index is 2.99. The lowest BCUT2D eigenvalue weighted by Gasteiger charge is -1.91. The van der Waals surface area contributed by atoms with Gasteiger partial charge in [-0.2, -0.15) is 0 Å². The summed E-state index contributed by atoms with van der Waals surface area (Å²) < 4.78 is 0. The Morgan fingerprint density at radius 2 is 1.75 bits per heavy atom. The van der Waals surface area contributed by atoms with E-state index in [0.717, 1.165) is 0 Å². The van der Waals surface area contributed by atoms with Crippen LogP contribution in [0.1, 0.15) is 0 Å². The van der Waals surface area contributed by atoms with E-state index in [1.54, 1.807) is 12.1 Å². The van der Waals surface area contributed by atoms with E-state index in [9.17, 15) is 0 Å². The van der Waals surface area contributed by atoms with E-state index in [0.29, 0.717) is 5.69 Å². The van der Waals surface area contributed by atoms with Gasteiger partial charge in [0.15, 0.2) is 0 Å². The molecule has 1 aromatic rings. The number of hydrogen-bond acceptors (Lipinski definition) is 1. The molecule has 0 fully saturated rings. The summed E-state index contributed by atoms with van der Waals surface area (Å²) in [4.78, 5) is 0. The van der Waals surface area contributed by atoms with E-state index in [1.807, 2.05) is 18.2 Å². The summed E-state index contributed by atoms with van der Waals surface area (Å²) in [6.07, 6.45) is 0. The molecule has 0 saturated carbocycles. The normalized spacial score (nSPS) is 8.50. The van der Waals surface area contributed by atoms with Crippen molar-refractivity contribution in [2.24, 2.45) is 5.11 Å². The van der Waals surface area contributed by atoms with Crippen LogP contribution in [0.15, 0.2) is 35.4 Å². The van der Waals surface area contributed by atoms with Gasteiger partial charge in [-0.1, -0.05) is 18.2 Å². The molecule has 0 saturated heterocycles. The van der Waals surface area contributed by atoms with Gasteiger partial charge in [0.05, 0.1) is 0 Å². The molecule has 1 rings (SSSR count). The summed E-state index contributed by atoms with van der Waals surface area (Å²) >= 11 is 0. The molecule has 8 heavy (non-hydrogen) atoms. The van der Waals surface area contributed by atoms with Crippen LogP contribution < -0.4 is 0 Å². The van der Waals surface area contributed by atoms with Crippen LogP contribution >= 0.6 is 0 Å². The molecule has 0 aliphatic heterocycles. The molecule has 0 aliphatic rings. The van der Waals surface area contributed by atoms with Crippen molar-refractivity contribution in [2.75, 3.05) is 0 Å². The van der Waals surface area contributed by atoms with Crippen molar-refractivity contribution in [3.8, 4) is 0 Å². The molecular formula is C6H5N2-. The van der Waals surface area contributed by atoms with Crippen molar-refractivity contribution in [2.45, 2.75) is 0 Å². The molecule has 2 heteroatoms.